The van der Waals surface area contributed by atoms with Gasteiger partial charge >= 0.3 is 0 Å². The van der Waals surface area contributed by atoms with Crippen molar-refractivity contribution in [2.75, 3.05) is 6.61 Å². The van der Waals surface area contributed by atoms with Gasteiger partial charge in [-0.25, -0.2) is 9.97 Å². The van der Waals surface area contributed by atoms with E-state index in [1.54, 1.807) is 6.20 Å². The first-order chi connectivity index (χ1) is 9.29. The van der Waals surface area contributed by atoms with E-state index in [0.717, 1.165) is 35.9 Å². The van der Waals surface area contributed by atoms with Gasteiger partial charge in [-0.05, 0) is 26.0 Å². The van der Waals surface area contributed by atoms with Crippen molar-refractivity contribution in [3.8, 4) is 5.75 Å². The molecule has 1 N–H and O–H groups in total. The number of hydrogen-bond donors (Lipinski definition) is 1. The summed E-state index contributed by atoms with van der Waals surface area (Å²) in [5.41, 5.74) is 2.16. The van der Waals surface area contributed by atoms with E-state index in [-0.39, 0.29) is 0 Å². The zero-order chi connectivity index (χ0) is 13.5. The number of aryl methyl sites for hydroxylation is 1. The average Bonchev–Trinajstić information content (AvgIpc) is 2.41. The molecule has 0 aliphatic heterocycles. The number of nitrogens with zero attached hydrogens (tertiary/aromatic N) is 2. The molecular formula is C15H19N3O. The average molecular weight is 257 g/mol. The Morgan fingerprint density at radius 1 is 1.16 bits per heavy atom. The molecule has 0 fully saturated rings. The van der Waals surface area contributed by atoms with E-state index in [9.17, 15) is 0 Å². The molecular weight excluding hydrogens is 238 g/mol. The van der Waals surface area contributed by atoms with Crippen molar-refractivity contribution in [3.05, 3.63) is 53.6 Å². The largest absolute Gasteiger partial charge is 0.494 e. The van der Waals surface area contributed by atoms with Crippen molar-refractivity contribution in [2.24, 2.45) is 0 Å². The Bertz CT molecular complexity index is 528. The topological polar surface area (TPSA) is 47.0 Å². The smallest absolute Gasteiger partial charge is 0.125 e. The van der Waals surface area contributed by atoms with Gasteiger partial charge in [0.05, 0.1) is 12.3 Å². The first-order valence-electron chi connectivity index (χ1n) is 6.49. The van der Waals surface area contributed by atoms with Crippen LogP contribution >= 0.6 is 0 Å². The molecule has 0 amide bonds. The summed E-state index contributed by atoms with van der Waals surface area (Å²) in [5, 5.41) is 3.37. The van der Waals surface area contributed by atoms with Gasteiger partial charge in [0.25, 0.3) is 0 Å². The summed E-state index contributed by atoms with van der Waals surface area (Å²) in [6, 6.07) is 10.0. The molecule has 0 spiro atoms. The molecule has 1 aromatic heterocycles. The summed E-state index contributed by atoms with van der Waals surface area (Å²) < 4.78 is 5.59. The zero-order valence-electron chi connectivity index (χ0n) is 11.4. The van der Waals surface area contributed by atoms with Crippen LogP contribution in [-0.2, 0) is 13.1 Å². The minimum absolute atomic E-state index is 0.683. The quantitative estimate of drug-likeness (QED) is 0.863. The van der Waals surface area contributed by atoms with E-state index in [1.807, 2.05) is 38.1 Å². The SMILES string of the molecule is CCOc1ccccc1CNCc1ccnc(C)n1. The molecule has 100 valence electrons. The summed E-state index contributed by atoms with van der Waals surface area (Å²) in [6.07, 6.45) is 1.79. The van der Waals surface area contributed by atoms with E-state index in [2.05, 4.69) is 21.4 Å². The number of benzene rings is 1. The van der Waals surface area contributed by atoms with Crippen LogP contribution in [0.25, 0.3) is 0 Å². The summed E-state index contributed by atoms with van der Waals surface area (Å²) in [5.74, 6) is 1.74. The van der Waals surface area contributed by atoms with E-state index in [0.29, 0.717) is 6.61 Å². The highest BCUT2D eigenvalue weighted by molar-refractivity contribution is 5.33. The maximum Gasteiger partial charge on any atom is 0.125 e. The highest BCUT2D eigenvalue weighted by atomic mass is 16.5. The van der Waals surface area contributed by atoms with Gasteiger partial charge in [-0.2, -0.15) is 0 Å². The Labute approximate surface area is 113 Å². The molecule has 0 aliphatic carbocycles. The third-order valence-electron chi connectivity index (χ3n) is 2.73. The van der Waals surface area contributed by atoms with Crippen molar-refractivity contribution in [3.63, 3.8) is 0 Å². The summed E-state index contributed by atoms with van der Waals surface area (Å²) in [4.78, 5) is 8.44. The van der Waals surface area contributed by atoms with Gasteiger partial charge in [-0.15, -0.1) is 0 Å². The fourth-order valence-corrected chi connectivity index (χ4v) is 1.88. The molecule has 0 bridgehead atoms. The lowest BCUT2D eigenvalue weighted by Gasteiger charge is -2.10. The van der Waals surface area contributed by atoms with Gasteiger partial charge in [-0.3, -0.25) is 0 Å². The van der Waals surface area contributed by atoms with Crippen LogP contribution in [0.15, 0.2) is 36.5 Å². The van der Waals surface area contributed by atoms with Crippen LogP contribution in [0, 0.1) is 6.92 Å². The lowest BCUT2D eigenvalue weighted by molar-refractivity contribution is 0.335. The number of hydrogen-bond acceptors (Lipinski definition) is 4. The highest BCUT2D eigenvalue weighted by Crippen LogP contribution is 2.17. The maximum atomic E-state index is 5.59. The molecule has 1 heterocycles. The first-order valence-corrected chi connectivity index (χ1v) is 6.49. The second-order valence-corrected chi connectivity index (χ2v) is 4.24. The second kappa shape index (κ2) is 6.85. The van der Waals surface area contributed by atoms with Crippen molar-refractivity contribution in [2.45, 2.75) is 26.9 Å². The number of aromatic nitrogens is 2. The first kappa shape index (κ1) is 13.5. The Morgan fingerprint density at radius 2 is 2.00 bits per heavy atom. The van der Waals surface area contributed by atoms with Gasteiger partial charge in [0.1, 0.15) is 11.6 Å². The van der Waals surface area contributed by atoms with Crippen LogP contribution in [0.5, 0.6) is 5.75 Å². The van der Waals surface area contributed by atoms with Gasteiger partial charge in [0, 0.05) is 24.8 Å². The monoisotopic (exact) mass is 257 g/mol. The third-order valence-corrected chi connectivity index (χ3v) is 2.73. The second-order valence-electron chi connectivity index (χ2n) is 4.24. The zero-order valence-corrected chi connectivity index (χ0v) is 11.4. The van der Waals surface area contributed by atoms with E-state index in [1.165, 1.54) is 0 Å². The Balaban J connectivity index is 1.92. The minimum Gasteiger partial charge on any atom is -0.494 e. The van der Waals surface area contributed by atoms with Crippen LogP contribution in [0.1, 0.15) is 24.0 Å². The van der Waals surface area contributed by atoms with E-state index < -0.39 is 0 Å². The van der Waals surface area contributed by atoms with E-state index in [4.69, 9.17) is 4.74 Å². The lowest BCUT2D eigenvalue weighted by Crippen LogP contribution is -2.15. The van der Waals surface area contributed by atoms with Crippen LogP contribution in [0.3, 0.4) is 0 Å². The normalized spacial score (nSPS) is 10.4. The van der Waals surface area contributed by atoms with Crippen molar-refractivity contribution in [1.29, 1.82) is 0 Å². The molecule has 0 unspecified atom stereocenters. The molecule has 4 heteroatoms. The van der Waals surface area contributed by atoms with Crippen LogP contribution in [-0.4, -0.2) is 16.6 Å². The van der Waals surface area contributed by atoms with Crippen LogP contribution < -0.4 is 10.1 Å². The van der Waals surface area contributed by atoms with E-state index >= 15 is 0 Å². The lowest BCUT2D eigenvalue weighted by atomic mass is 10.2. The van der Waals surface area contributed by atoms with Crippen molar-refractivity contribution in [1.82, 2.24) is 15.3 Å². The molecule has 0 saturated carbocycles. The fourth-order valence-electron chi connectivity index (χ4n) is 1.88. The van der Waals surface area contributed by atoms with Crippen LogP contribution in [0.2, 0.25) is 0 Å². The predicted molar refractivity (Wildman–Crippen MR) is 74.9 cm³/mol. The summed E-state index contributed by atoms with van der Waals surface area (Å²) >= 11 is 0. The Morgan fingerprint density at radius 3 is 2.79 bits per heavy atom. The molecule has 2 aromatic rings. The van der Waals surface area contributed by atoms with Gasteiger partial charge in [-0.1, -0.05) is 18.2 Å². The highest BCUT2D eigenvalue weighted by Gasteiger charge is 2.02. The maximum absolute atomic E-state index is 5.59. The fraction of sp³-hybridized carbons (Fsp3) is 0.333. The molecule has 2 rings (SSSR count). The van der Waals surface area contributed by atoms with Gasteiger partial charge in [0.15, 0.2) is 0 Å². The number of rotatable bonds is 6. The summed E-state index contributed by atoms with van der Waals surface area (Å²) in [6.45, 7) is 6.06. The molecule has 1 aromatic carbocycles. The molecule has 0 atom stereocenters. The molecule has 0 radical (unpaired) electrons. The van der Waals surface area contributed by atoms with Gasteiger partial charge < -0.3 is 10.1 Å². The molecule has 0 saturated heterocycles. The van der Waals surface area contributed by atoms with Crippen molar-refractivity contribution < 1.29 is 4.74 Å². The Hall–Kier alpha value is -1.94. The summed E-state index contributed by atoms with van der Waals surface area (Å²) in [7, 11) is 0. The third kappa shape index (κ3) is 4.03. The number of nitrogens with one attached hydrogen (secondary N) is 1. The van der Waals surface area contributed by atoms with Crippen molar-refractivity contribution >= 4 is 0 Å². The molecule has 19 heavy (non-hydrogen) atoms. The molecule has 4 nitrogen and oxygen atoms in total. The van der Waals surface area contributed by atoms with Gasteiger partial charge in [0.2, 0.25) is 0 Å². The number of ether oxygens (including phenoxy) is 1. The van der Waals surface area contributed by atoms with Crippen LogP contribution in [0.4, 0.5) is 0 Å². The Kier molecular flexibility index (Phi) is 4.86. The number of para-hydroxylation sites is 1. The molecule has 0 aliphatic rings. The predicted octanol–water partition coefficient (Wildman–Crippen LogP) is 2.47. The minimum atomic E-state index is 0.683. The standard InChI is InChI=1S/C15H19N3O/c1-3-19-15-7-5-4-6-13(15)10-16-11-14-8-9-17-12(2)18-14/h4-9,16H,3,10-11H2,1-2H3.